The molecule has 118 valence electrons. The van der Waals surface area contributed by atoms with Gasteiger partial charge < -0.3 is 4.90 Å². The molecular formula is C15H25N3O2S. The second kappa shape index (κ2) is 7.75. The van der Waals surface area contributed by atoms with E-state index in [1.54, 1.807) is 6.20 Å². The van der Waals surface area contributed by atoms with E-state index >= 15 is 0 Å². The number of unbranched alkanes of at least 4 members (excludes halogenated alkanes) is 2. The number of hydrogen-bond acceptors (Lipinski definition) is 4. The van der Waals surface area contributed by atoms with Gasteiger partial charge >= 0.3 is 0 Å². The Hall–Kier alpha value is -1.14. The molecule has 5 nitrogen and oxygen atoms in total. The van der Waals surface area contributed by atoms with Crippen LogP contribution >= 0.6 is 0 Å². The minimum Gasteiger partial charge on any atom is -0.355 e. The Morgan fingerprint density at radius 1 is 1.38 bits per heavy atom. The highest BCUT2D eigenvalue weighted by Crippen LogP contribution is 2.17. The van der Waals surface area contributed by atoms with E-state index in [1.165, 1.54) is 0 Å². The Bertz CT molecular complexity index is 519. The van der Waals surface area contributed by atoms with Crippen LogP contribution in [0.2, 0.25) is 0 Å². The molecule has 0 aromatic carbocycles. The summed E-state index contributed by atoms with van der Waals surface area (Å²) in [5.74, 6) is 1.16. The van der Waals surface area contributed by atoms with E-state index in [1.807, 2.05) is 18.2 Å². The summed E-state index contributed by atoms with van der Waals surface area (Å²) < 4.78 is 27.0. The lowest BCUT2D eigenvalue weighted by atomic mass is 10.1. The van der Waals surface area contributed by atoms with Crippen molar-refractivity contribution in [2.24, 2.45) is 0 Å². The fourth-order valence-electron chi connectivity index (χ4n) is 2.68. The number of nitrogens with one attached hydrogen (secondary N) is 1. The van der Waals surface area contributed by atoms with Crippen molar-refractivity contribution in [1.29, 1.82) is 0 Å². The average molecular weight is 311 g/mol. The highest BCUT2D eigenvalue weighted by molar-refractivity contribution is 7.89. The van der Waals surface area contributed by atoms with E-state index < -0.39 is 10.0 Å². The van der Waals surface area contributed by atoms with Crippen LogP contribution in [0.3, 0.4) is 0 Å². The second-order valence-electron chi connectivity index (χ2n) is 5.62. The molecule has 1 aromatic rings. The van der Waals surface area contributed by atoms with Crippen LogP contribution < -0.4 is 9.62 Å². The monoisotopic (exact) mass is 311 g/mol. The third-order valence-electron chi connectivity index (χ3n) is 3.76. The van der Waals surface area contributed by atoms with Crippen molar-refractivity contribution in [3.8, 4) is 0 Å². The smallest absolute Gasteiger partial charge is 0.211 e. The zero-order valence-electron chi connectivity index (χ0n) is 12.7. The van der Waals surface area contributed by atoms with Crippen LogP contribution in [0.1, 0.15) is 39.0 Å². The van der Waals surface area contributed by atoms with Crippen molar-refractivity contribution in [3.05, 3.63) is 24.4 Å². The molecule has 21 heavy (non-hydrogen) atoms. The highest BCUT2D eigenvalue weighted by atomic mass is 32.2. The molecule has 1 N–H and O–H groups in total. The van der Waals surface area contributed by atoms with Crippen LogP contribution in [0, 0.1) is 0 Å². The fourth-order valence-corrected chi connectivity index (χ4v) is 4.08. The first-order valence-corrected chi connectivity index (χ1v) is 9.42. The van der Waals surface area contributed by atoms with Crippen LogP contribution in [0.25, 0.3) is 0 Å². The number of pyridine rings is 1. The maximum atomic E-state index is 12.1. The summed E-state index contributed by atoms with van der Waals surface area (Å²) >= 11 is 0. The van der Waals surface area contributed by atoms with Gasteiger partial charge in [0.05, 0.1) is 5.75 Å². The molecule has 0 spiro atoms. The number of aromatic nitrogens is 1. The van der Waals surface area contributed by atoms with Gasteiger partial charge in [-0.3, -0.25) is 0 Å². The molecule has 0 bridgehead atoms. The molecule has 1 aliphatic rings. The highest BCUT2D eigenvalue weighted by Gasteiger charge is 2.24. The van der Waals surface area contributed by atoms with Crippen molar-refractivity contribution >= 4 is 15.8 Å². The van der Waals surface area contributed by atoms with Crippen molar-refractivity contribution in [3.63, 3.8) is 0 Å². The van der Waals surface area contributed by atoms with Gasteiger partial charge in [0.1, 0.15) is 5.82 Å². The van der Waals surface area contributed by atoms with Gasteiger partial charge in [-0.25, -0.2) is 18.1 Å². The standard InChI is InChI=1S/C15H25N3O2S/c1-2-3-6-12-21(19,20)17-14-8-7-11-18(13-14)15-9-4-5-10-16-15/h4-5,9-10,14,17H,2-3,6-8,11-13H2,1H3/t14-/m1/s1. The topological polar surface area (TPSA) is 62.3 Å². The van der Waals surface area contributed by atoms with Crippen molar-refractivity contribution in [2.75, 3.05) is 23.7 Å². The number of piperidine rings is 1. The number of anilines is 1. The average Bonchev–Trinajstić information content (AvgIpc) is 2.48. The summed E-state index contributed by atoms with van der Waals surface area (Å²) in [7, 11) is -3.16. The van der Waals surface area contributed by atoms with Crippen molar-refractivity contribution in [2.45, 2.75) is 45.1 Å². The lowest BCUT2D eigenvalue weighted by molar-refractivity contribution is 0.463. The first-order valence-electron chi connectivity index (χ1n) is 7.76. The molecule has 0 saturated carbocycles. The predicted molar refractivity (Wildman–Crippen MR) is 85.9 cm³/mol. The number of rotatable bonds is 7. The fraction of sp³-hybridized carbons (Fsp3) is 0.667. The SMILES string of the molecule is CCCCCS(=O)(=O)N[C@@H]1CCCN(c2ccccn2)C1. The summed E-state index contributed by atoms with van der Waals surface area (Å²) in [5, 5.41) is 0. The molecule has 1 aliphatic heterocycles. The van der Waals surface area contributed by atoms with Gasteiger partial charge in [-0.15, -0.1) is 0 Å². The zero-order chi connectivity index (χ0) is 15.1. The summed E-state index contributed by atoms with van der Waals surface area (Å²) in [6.45, 7) is 3.71. The summed E-state index contributed by atoms with van der Waals surface area (Å²) in [5.41, 5.74) is 0. The molecule has 6 heteroatoms. The normalized spacial score (nSPS) is 19.7. The second-order valence-corrected chi connectivity index (χ2v) is 7.49. The maximum absolute atomic E-state index is 12.1. The van der Waals surface area contributed by atoms with Crippen LogP contribution in [0.5, 0.6) is 0 Å². The molecule has 0 amide bonds. The summed E-state index contributed by atoms with van der Waals surface area (Å²) in [6.07, 6.45) is 6.39. The van der Waals surface area contributed by atoms with Crippen LogP contribution in [-0.2, 0) is 10.0 Å². The van der Waals surface area contributed by atoms with Gasteiger partial charge in [0.2, 0.25) is 10.0 Å². The lowest BCUT2D eigenvalue weighted by Crippen LogP contribution is -2.48. The molecular weight excluding hydrogens is 286 g/mol. The molecule has 1 saturated heterocycles. The van der Waals surface area contributed by atoms with Gasteiger partial charge in [-0.1, -0.05) is 25.8 Å². The largest absolute Gasteiger partial charge is 0.355 e. The first-order chi connectivity index (χ1) is 10.1. The summed E-state index contributed by atoms with van der Waals surface area (Å²) in [4.78, 5) is 6.50. The molecule has 2 rings (SSSR count). The third-order valence-corrected chi connectivity index (χ3v) is 5.28. The van der Waals surface area contributed by atoms with Gasteiger partial charge in [0.25, 0.3) is 0 Å². The van der Waals surface area contributed by atoms with Gasteiger partial charge in [0, 0.05) is 25.3 Å². The number of hydrogen-bond donors (Lipinski definition) is 1. The molecule has 0 aliphatic carbocycles. The quantitative estimate of drug-likeness (QED) is 0.784. The van der Waals surface area contributed by atoms with E-state index in [0.717, 1.165) is 44.5 Å². The zero-order valence-corrected chi connectivity index (χ0v) is 13.5. The van der Waals surface area contributed by atoms with Crippen molar-refractivity contribution in [1.82, 2.24) is 9.71 Å². The Labute approximate surface area is 127 Å². The molecule has 1 atom stereocenters. The van der Waals surface area contributed by atoms with E-state index in [4.69, 9.17) is 0 Å². The Kier molecular flexibility index (Phi) is 5.99. The molecule has 0 radical (unpaired) electrons. The maximum Gasteiger partial charge on any atom is 0.211 e. The van der Waals surface area contributed by atoms with Crippen LogP contribution in [-0.4, -0.2) is 38.3 Å². The third kappa shape index (κ3) is 5.28. The number of nitrogens with zero attached hydrogens (tertiary/aromatic N) is 2. The van der Waals surface area contributed by atoms with Crippen LogP contribution in [0.4, 0.5) is 5.82 Å². The first kappa shape index (κ1) is 16.2. The summed E-state index contributed by atoms with van der Waals surface area (Å²) in [6, 6.07) is 5.81. The Morgan fingerprint density at radius 3 is 2.95 bits per heavy atom. The molecule has 1 fully saturated rings. The van der Waals surface area contributed by atoms with E-state index in [9.17, 15) is 8.42 Å². The van der Waals surface area contributed by atoms with Gasteiger partial charge in [-0.2, -0.15) is 0 Å². The Morgan fingerprint density at radius 2 is 2.24 bits per heavy atom. The van der Waals surface area contributed by atoms with Gasteiger partial charge in [0.15, 0.2) is 0 Å². The molecule has 0 unspecified atom stereocenters. The number of sulfonamides is 1. The predicted octanol–water partition coefficient (Wildman–Crippen LogP) is 2.16. The van der Waals surface area contributed by atoms with Crippen molar-refractivity contribution < 1.29 is 8.42 Å². The van der Waals surface area contributed by atoms with E-state index in [2.05, 4.69) is 21.5 Å². The lowest BCUT2D eigenvalue weighted by Gasteiger charge is -2.33. The van der Waals surface area contributed by atoms with Crippen LogP contribution in [0.15, 0.2) is 24.4 Å². The van der Waals surface area contributed by atoms with E-state index in [-0.39, 0.29) is 11.8 Å². The minimum atomic E-state index is -3.16. The molecule has 1 aromatic heterocycles. The molecule has 2 heterocycles. The van der Waals surface area contributed by atoms with Gasteiger partial charge in [-0.05, 0) is 31.4 Å². The van der Waals surface area contributed by atoms with E-state index in [0.29, 0.717) is 6.54 Å². The Balaban J connectivity index is 1.89. The minimum absolute atomic E-state index is 0.00705.